The van der Waals surface area contributed by atoms with Gasteiger partial charge in [0, 0.05) is 5.92 Å². The third-order valence-electron chi connectivity index (χ3n) is 4.65. The van der Waals surface area contributed by atoms with Crippen LogP contribution in [0.4, 0.5) is 0 Å². The van der Waals surface area contributed by atoms with E-state index in [1.54, 1.807) is 4.90 Å². The summed E-state index contributed by atoms with van der Waals surface area (Å²) in [6, 6.07) is -1.26. The Labute approximate surface area is 119 Å². The highest BCUT2D eigenvalue weighted by atomic mass is 16.5. The van der Waals surface area contributed by atoms with Gasteiger partial charge in [-0.3, -0.25) is 9.79 Å². The average molecular weight is 293 g/mol. The monoisotopic (exact) mass is 293 g/mol. The first kappa shape index (κ1) is 12.9. The lowest BCUT2D eigenvalue weighted by Crippen LogP contribution is -2.55. The summed E-state index contributed by atoms with van der Waals surface area (Å²) in [4.78, 5) is 25.2. The van der Waals surface area contributed by atoms with Crippen LogP contribution in [-0.2, 0) is 9.53 Å². The number of nitrogens with two attached hydrogens (primary N) is 1. The van der Waals surface area contributed by atoms with Crippen molar-refractivity contribution >= 4 is 24.0 Å². The van der Waals surface area contributed by atoms with Gasteiger partial charge in [0.1, 0.15) is 11.4 Å². The number of aliphatic hydroxyl groups excluding tert-OH is 1. The highest BCUT2D eigenvalue weighted by Crippen LogP contribution is 2.44. The molecule has 1 saturated carbocycles. The standard InChI is InChI=1S/C12H15N5O4/c13-11-15-9-8(10(19)16-11)14-4-17(9)7-1-6(18)5-2-21-3-12(5,7)20/h4-8,18,20H,1-3H2,(H2,13,16,19)/t5-,6+,7+,8?,12+/m1/s1. The number of nitrogens with zero attached hydrogens (tertiary/aromatic N) is 4. The van der Waals surface area contributed by atoms with Gasteiger partial charge >= 0.3 is 0 Å². The molecule has 112 valence electrons. The summed E-state index contributed by atoms with van der Waals surface area (Å²) < 4.78 is 5.32. The van der Waals surface area contributed by atoms with Crippen LogP contribution < -0.4 is 5.73 Å². The van der Waals surface area contributed by atoms with Crippen LogP contribution in [0.2, 0.25) is 0 Å². The Kier molecular flexibility index (Phi) is 2.51. The summed E-state index contributed by atoms with van der Waals surface area (Å²) in [6.45, 7) is 0.455. The fourth-order valence-electron chi connectivity index (χ4n) is 3.59. The van der Waals surface area contributed by atoms with Crippen LogP contribution in [0.1, 0.15) is 6.42 Å². The maximum atomic E-state index is 11.8. The number of hydrogen-bond donors (Lipinski definition) is 3. The van der Waals surface area contributed by atoms with Gasteiger partial charge in [-0.15, -0.1) is 0 Å². The van der Waals surface area contributed by atoms with E-state index < -0.39 is 29.7 Å². The molecule has 4 rings (SSSR count). The Morgan fingerprint density at radius 2 is 2.29 bits per heavy atom. The number of amides is 1. The zero-order valence-corrected chi connectivity index (χ0v) is 11.1. The lowest BCUT2D eigenvalue weighted by molar-refractivity contribution is -0.117. The number of rotatable bonds is 1. The molecule has 1 aliphatic carbocycles. The number of ether oxygens (including phenoxy) is 1. The van der Waals surface area contributed by atoms with E-state index in [1.807, 2.05) is 0 Å². The minimum absolute atomic E-state index is 0.119. The van der Waals surface area contributed by atoms with E-state index in [0.717, 1.165) is 0 Å². The predicted molar refractivity (Wildman–Crippen MR) is 71.9 cm³/mol. The Morgan fingerprint density at radius 3 is 3.10 bits per heavy atom. The largest absolute Gasteiger partial charge is 0.393 e. The van der Waals surface area contributed by atoms with Gasteiger partial charge < -0.3 is 25.6 Å². The third-order valence-corrected chi connectivity index (χ3v) is 4.65. The van der Waals surface area contributed by atoms with Crippen LogP contribution in [-0.4, -0.2) is 76.2 Å². The van der Waals surface area contributed by atoms with Crippen molar-refractivity contribution in [3.05, 3.63) is 0 Å². The second kappa shape index (κ2) is 4.09. The molecule has 4 aliphatic rings. The number of carbonyl (C=O) groups is 1. The lowest BCUT2D eigenvalue weighted by atomic mass is 9.90. The summed E-state index contributed by atoms with van der Waals surface area (Å²) in [5, 5.41) is 21.0. The van der Waals surface area contributed by atoms with Crippen LogP contribution in [0.5, 0.6) is 0 Å². The molecule has 0 spiro atoms. The summed E-state index contributed by atoms with van der Waals surface area (Å²) in [6.07, 6.45) is 1.15. The van der Waals surface area contributed by atoms with Gasteiger partial charge in [0.05, 0.1) is 31.7 Å². The molecule has 0 radical (unpaired) electrons. The first-order valence-corrected chi connectivity index (χ1v) is 6.77. The average Bonchev–Trinajstić information content (AvgIpc) is 3.05. The molecule has 0 aromatic rings. The van der Waals surface area contributed by atoms with E-state index >= 15 is 0 Å². The number of aliphatic imine (C=N–C) groups is 3. The molecule has 4 N–H and O–H groups in total. The molecule has 0 aromatic heterocycles. The Hall–Kier alpha value is -1.84. The number of fused-ring (bicyclic) bond motifs is 2. The Balaban J connectivity index is 1.70. The summed E-state index contributed by atoms with van der Waals surface area (Å²) >= 11 is 0. The van der Waals surface area contributed by atoms with Crippen molar-refractivity contribution in [2.75, 3.05) is 13.2 Å². The van der Waals surface area contributed by atoms with Crippen molar-refractivity contribution in [1.29, 1.82) is 0 Å². The van der Waals surface area contributed by atoms with Crippen LogP contribution in [0.15, 0.2) is 15.0 Å². The first-order chi connectivity index (χ1) is 10.0. The SMILES string of the molecule is NC1=NC(=O)C2N=CN([C@H]3C[C@H](O)[C@H]4COC[C@]43O)C2=N1. The van der Waals surface area contributed by atoms with E-state index in [9.17, 15) is 15.0 Å². The van der Waals surface area contributed by atoms with Crippen molar-refractivity contribution in [1.82, 2.24) is 4.90 Å². The van der Waals surface area contributed by atoms with Gasteiger partial charge in [-0.05, 0) is 6.42 Å². The molecule has 5 atom stereocenters. The molecule has 9 heteroatoms. The molecule has 0 aromatic carbocycles. The molecule has 1 amide bonds. The van der Waals surface area contributed by atoms with Gasteiger partial charge in [-0.25, -0.2) is 0 Å². The molecular formula is C12H15N5O4. The number of hydrogen-bond acceptors (Lipinski definition) is 8. The third kappa shape index (κ3) is 1.62. The lowest BCUT2D eigenvalue weighted by Gasteiger charge is -2.35. The molecule has 3 heterocycles. The van der Waals surface area contributed by atoms with Crippen LogP contribution >= 0.6 is 0 Å². The van der Waals surface area contributed by atoms with E-state index in [1.165, 1.54) is 6.34 Å². The minimum Gasteiger partial charge on any atom is -0.393 e. The van der Waals surface area contributed by atoms with Crippen molar-refractivity contribution in [3.8, 4) is 0 Å². The van der Waals surface area contributed by atoms with E-state index in [0.29, 0.717) is 18.9 Å². The second-order valence-corrected chi connectivity index (χ2v) is 5.78. The van der Waals surface area contributed by atoms with Crippen molar-refractivity contribution < 1.29 is 19.7 Å². The minimum atomic E-state index is -1.19. The van der Waals surface area contributed by atoms with E-state index in [-0.39, 0.29) is 18.5 Å². The summed E-state index contributed by atoms with van der Waals surface area (Å²) in [7, 11) is 0. The second-order valence-electron chi connectivity index (χ2n) is 5.78. The topological polar surface area (TPSA) is 133 Å². The normalized spacial score (nSPS) is 44.7. The van der Waals surface area contributed by atoms with Crippen molar-refractivity contribution in [2.45, 2.75) is 30.2 Å². The van der Waals surface area contributed by atoms with E-state index in [2.05, 4.69) is 15.0 Å². The Morgan fingerprint density at radius 1 is 1.48 bits per heavy atom. The number of amidine groups is 1. The highest BCUT2D eigenvalue weighted by Gasteiger charge is 2.60. The van der Waals surface area contributed by atoms with Crippen LogP contribution in [0.3, 0.4) is 0 Å². The van der Waals surface area contributed by atoms with Crippen LogP contribution in [0.25, 0.3) is 0 Å². The fraction of sp³-hybridized carbons (Fsp3) is 0.667. The van der Waals surface area contributed by atoms with Gasteiger partial charge in [0.15, 0.2) is 6.04 Å². The molecule has 1 unspecified atom stereocenters. The molecule has 1 saturated heterocycles. The molecule has 0 bridgehead atoms. The number of aliphatic hydroxyl groups is 2. The van der Waals surface area contributed by atoms with Gasteiger partial charge in [0.25, 0.3) is 5.91 Å². The molecule has 9 nitrogen and oxygen atoms in total. The zero-order valence-electron chi connectivity index (χ0n) is 11.1. The smallest absolute Gasteiger partial charge is 0.281 e. The van der Waals surface area contributed by atoms with Crippen molar-refractivity contribution in [2.24, 2.45) is 26.6 Å². The zero-order chi connectivity index (χ0) is 14.8. The quantitative estimate of drug-likeness (QED) is 0.488. The Bertz CT molecular complexity index is 602. The summed E-state index contributed by atoms with van der Waals surface area (Å²) in [5.41, 5.74) is 4.35. The van der Waals surface area contributed by atoms with Crippen molar-refractivity contribution in [3.63, 3.8) is 0 Å². The first-order valence-electron chi connectivity index (χ1n) is 6.77. The highest BCUT2D eigenvalue weighted by molar-refractivity contribution is 6.22. The number of carbonyl (C=O) groups excluding carboxylic acids is 1. The molecular weight excluding hydrogens is 278 g/mol. The molecule has 3 aliphatic heterocycles. The van der Waals surface area contributed by atoms with Crippen LogP contribution in [0, 0.1) is 5.92 Å². The molecule has 2 fully saturated rings. The fourth-order valence-corrected chi connectivity index (χ4v) is 3.59. The predicted octanol–water partition coefficient (Wildman–Crippen LogP) is -2.54. The van der Waals surface area contributed by atoms with Gasteiger partial charge in [-0.2, -0.15) is 9.98 Å². The number of guanidine groups is 1. The maximum Gasteiger partial charge on any atom is 0.281 e. The summed E-state index contributed by atoms with van der Waals surface area (Å²) in [5.74, 6) is -0.584. The van der Waals surface area contributed by atoms with Gasteiger partial charge in [-0.1, -0.05) is 0 Å². The molecule has 21 heavy (non-hydrogen) atoms. The maximum absolute atomic E-state index is 11.8. The van der Waals surface area contributed by atoms with E-state index in [4.69, 9.17) is 10.5 Å². The van der Waals surface area contributed by atoms with Gasteiger partial charge in [0.2, 0.25) is 5.96 Å².